The Bertz CT molecular complexity index is 3250. The fourth-order valence-electron chi connectivity index (χ4n) is 9.23. The molecule has 0 spiro atoms. The average Bonchev–Trinajstić information content (AvgIpc) is 3.56. The lowest BCUT2D eigenvalue weighted by atomic mass is 9.80. The van der Waals surface area contributed by atoms with Crippen molar-refractivity contribution in [3.8, 4) is 89.5 Å². The molecule has 2 heteroatoms. The van der Waals surface area contributed by atoms with Crippen LogP contribution in [0, 0.1) is 0 Å². The normalized spacial score (nSPS) is 12.6. The van der Waals surface area contributed by atoms with Crippen molar-refractivity contribution in [2.24, 2.45) is 0 Å². The van der Waals surface area contributed by atoms with Gasteiger partial charge in [-0.05, 0) is 114 Å². The first-order chi connectivity index (χ1) is 30.0. The van der Waals surface area contributed by atoms with Crippen molar-refractivity contribution >= 4 is 10.8 Å². The van der Waals surface area contributed by atoms with Crippen molar-refractivity contribution in [1.29, 1.82) is 0 Å². The molecule has 0 unspecified atom stereocenters. The molecule has 11 rings (SSSR count). The van der Waals surface area contributed by atoms with Gasteiger partial charge in [0.15, 0.2) is 5.82 Å². The van der Waals surface area contributed by atoms with Gasteiger partial charge in [-0.3, -0.25) is 0 Å². The molecule has 1 heterocycles. The SMILES string of the molecule is CC1(C)c2ccccc2-c2cc(-c3ccc4ccccc4c3)c(-c3cccc(-c4cccc(-c5cc(-c6ccc(-c7ccccc7)cc6)nc(-c6ccccc6)n5)c4)c3)cc21. The second-order valence-corrected chi connectivity index (χ2v) is 16.6. The van der Waals surface area contributed by atoms with Crippen molar-refractivity contribution in [1.82, 2.24) is 9.97 Å². The predicted octanol–water partition coefficient (Wildman–Crippen LogP) is 15.6. The largest absolute Gasteiger partial charge is 0.228 e. The van der Waals surface area contributed by atoms with Crippen LogP contribution in [0.4, 0.5) is 0 Å². The molecule has 1 aliphatic carbocycles. The highest BCUT2D eigenvalue weighted by Gasteiger charge is 2.36. The van der Waals surface area contributed by atoms with E-state index in [2.05, 4.69) is 208 Å². The maximum Gasteiger partial charge on any atom is 0.160 e. The molecule has 1 aliphatic rings. The summed E-state index contributed by atoms with van der Waals surface area (Å²) in [5.41, 5.74) is 19.7. The van der Waals surface area contributed by atoms with E-state index in [0.29, 0.717) is 5.82 Å². The molecule has 0 radical (unpaired) electrons. The molecule has 288 valence electrons. The highest BCUT2D eigenvalue weighted by Crippen LogP contribution is 2.52. The van der Waals surface area contributed by atoms with Crippen LogP contribution in [0.2, 0.25) is 0 Å². The Morgan fingerprint density at radius 1 is 0.279 bits per heavy atom. The molecule has 0 aliphatic heterocycles. The Morgan fingerprint density at radius 2 is 0.787 bits per heavy atom. The van der Waals surface area contributed by atoms with Crippen LogP contribution in [0.25, 0.3) is 100 Å². The summed E-state index contributed by atoms with van der Waals surface area (Å²) in [4.78, 5) is 10.3. The fourth-order valence-corrected chi connectivity index (χ4v) is 9.23. The highest BCUT2D eigenvalue weighted by atomic mass is 14.9. The van der Waals surface area contributed by atoms with E-state index in [1.807, 2.05) is 24.3 Å². The minimum Gasteiger partial charge on any atom is -0.228 e. The maximum atomic E-state index is 5.18. The molecule has 1 aromatic heterocycles. The average molecular weight is 779 g/mol. The smallest absolute Gasteiger partial charge is 0.160 e. The second kappa shape index (κ2) is 14.9. The third-order valence-corrected chi connectivity index (χ3v) is 12.5. The molecule has 0 fully saturated rings. The van der Waals surface area contributed by atoms with E-state index in [0.717, 1.165) is 39.2 Å². The molecule has 61 heavy (non-hydrogen) atoms. The van der Waals surface area contributed by atoms with Gasteiger partial charge in [0.2, 0.25) is 0 Å². The van der Waals surface area contributed by atoms with Crippen LogP contribution in [0.5, 0.6) is 0 Å². The number of benzene rings is 9. The summed E-state index contributed by atoms with van der Waals surface area (Å²) in [6, 6.07) is 78.7. The van der Waals surface area contributed by atoms with Gasteiger partial charge < -0.3 is 0 Å². The molecule has 0 atom stereocenters. The zero-order valence-corrected chi connectivity index (χ0v) is 34.2. The first-order valence-electron chi connectivity index (χ1n) is 21.1. The summed E-state index contributed by atoms with van der Waals surface area (Å²) >= 11 is 0. The summed E-state index contributed by atoms with van der Waals surface area (Å²) in [5.74, 6) is 0.704. The van der Waals surface area contributed by atoms with Crippen LogP contribution in [0.3, 0.4) is 0 Å². The van der Waals surface area contributed by atoms with Gasteiger partial charge in [-0.15, -0.1) is 0 Å². The molecule has 0 bridgehead atoms. The van der Waals surface area contributed by atoms with E-state index in [1.165, 1.54) is 66.4 Å². The summed E-state index contributed by atoms with van der Waals surface area (Å²) in [6.45, 7) is 4.72. The second-order valence-electron chi connectivity index (χ2n) is 16.6. The standard InChI is InChI=1S/C59H42N2/c1-59(2)54-26-12-11-25-50(54)53-36-51(48-32-29-40-17-9-10-20-44(40)33-48)52(37-55(53)59)47-23-13-21-45(34-47)46-22-14-24-49(35-46)57-38-56(60-58(61-57)43-18-7-4-8-19-43)42-30-27-41(28-31-42)39-15-5-3-6-16-39/h3-38H,1-2H3. The minimum atomic E-state index is -0.118. The lowest BCUT2D eigenvalue weighted by molar-refractivity contribution is 0.660. The molecule has 0 amide bonds. The number of aromatic nitrogens is 2. The number of fused-ring (bicyclic) bond motifs is 4. The van der Waals surface area contributed by atoms with Gasteiger partial charge in [-0.2, -0.15) is 0 Å². The van der Waals surface area contributed by atoms with Crippen LogP contribution >= 0.6 is 0 Å². The first-order valence-corrected chi connectivity index (χ1v) is 21.1. The maximum absolute atomic E-state index is 5.18. The van der Waals surface area contributed by atoms with Crippen LogP contribution in [0.1, 0.15) is 25.0 Å². The van der Waals surface area contributed by atoms with Crippen LogP contribution in [-0.4, -0.2) is 9.97 Å². The zero-order chi connectivity index (χ0) is 40.9. The molecule has 2 nitrogen and oxygen atoms in total. The van der Waals surface area contributed by atoms with Crippen LogP contribution in [-0.2, 0) is 5.41 Å². The Hall–Kier alpha value is -7.68. The van der Waals surface area contributed by atoms with E-state index in [4.69, 9.17) is 9.97 Å². The van der Waals surface area contributed by atoms with E-state index in [9.17, 15) is 0 Å². The van der Waals surface area contributed by atoms with Crippen LogP contribution in [0.15, 0.2) is 218 Å². The Balaban J connectivity index is 1.02. The third kappa shape index (κ3) is 6.63. The molecule has 0 saturated carbocycles. The monoisotopic (exact) mass is 778 g/mol. The van der Waals surface area contributed by atoms with E-state index < -0.39 is 0 Å². The molecule has 9 aromatic carbocycles. The minimum absolute atomic E-state index is 0.118. The molecule has 10 aromatic rings. The van der Waals surface area contributed by atoms with Gasteiger partial charge in [-0.1, -0.05) is 196 Å². The number of nitrogens with zero attached hydrogens (tertiary/aromatic N) is 2. The molecular formula is C59H42N2. The van der Waals surface area contributed by atoms with Gasteiger partial charge in [0.05, 0.1) is 11.4 Å². The van der Waals surface area contributed by atoms with Crippen molar-refractivity contribution in [3.05, 3.63) is 230 Å². The first kappa shape index (κ1) is 36.4. The van der Waals surface area contributed by atoms with Crippen molar-refractivity contribution < 1.29 is 0 Å². The van der Waals surface area contributed by atoms with Crippen molar-refractivity contribution in [3.63, 3.8) is 0 Å². The van der Waals surface area contributed by atoms with Gasteiger partial charge in [0, 0.05) is 22.1 Å². The van der Waals surface area contributed by atoms with Gasteiger partial charge in [-0.25, -0.2) is 9.97 Å². The lowest BCUT2D eigenvalue weighted by Gasteiger charge is -2.23. The van der Waals surface area contributed by atoms with E-state index >= 15 is 0 Å². The molecular weight excluding hydrogens is 737 g/mol. The Morgan fingerprint density at radius 3 is 1.54 bits per heavy atom. The zero-order valence-electron chi connectivity index (χ0n) is 34.2. The lowest BCUT2D eigenvalue weighted by Crippen LogP contribution is -2.15. The topological polar surface area (TPSA) is 25.8 Å². The van der Waals surface area contributed by atoms with Gasteiger partial charge >= 0.3 is 0 Å². The fraction of sp³-hybridized carbons (Fsp3) is 0.0508. The van der Waals surface area contributed by atoms with Gasteiger partial charge in [0.1, 0.15) is 0 Å². The summed E-state index contributed by atoms with van der Waals surface area (Å²) in [6.07, 6.45) is 0. The Kier molecular flexibility index (Phi) is 8.86. The predicted molar refractivity (Wildman–Crippen MR) is 255 cm³/mol. The van der Waals surface area contributed by atoms with E-state index in [-0.39, 0.29) is 5.41 Å². The van der Waals surface area contributed by atoms with Gasteiger partial charge in [0.25, 0.3) is 0 Å². The third-order valence-electron chi connectivity index (χ3n) is 12.5. The summed E-state index contributed by atoms with van der Waals surface area (Å²) in [5, 5.41) is 2.49. The highest BCUT2D eigenvalue weighted by molar-refractivity contribution is 5.96. The Labute approximate surface area is 357 Å². The number of rotatable bonds is 7. The quantitative estimate of drug-likeness (QED) is 0.161. The van der Waals surface area contributed by atoms with Crippen LogP contribution < -0.4 is 0 Å². The summed E-state index contributed by atoms with van der Waals surface area (Å²) in [7, 11) is 0. The molecule has 0 N–H and O–H groups in total. The van der Waals surface area contributed by atoms with E-state index in [1.54, 1.807) is 0 Å². The van der Waals surface area contributed by atoms with Crippen molar-refractivity contribution in [2.75, 3.05) is 0 Å². The number of hydrogen-bond donors (Lipinski definition) is 0. The van der Waals surface area contributed by atoms with Crippen molar-refractivity contribution in [2.45, 2.75) is 19.3 Å². The molecule has 0 saturated heterocycles. The number of hydrogen-bond acceptors (Lipinski definition) is 2. The summed E-state index contributed by atoms with van der Waals surface area (Å²) < 4.78 is 0.